The van der Waals surface area contributed by atoms with E-state index >= 15 is 0 Å². The summed E-state index contributed by atoms with van der Waals surface area (Å²) in [7, 11) is 0. The molecule has 0 spiro atoms. The lowest BCUT2D eigenvalue weighted by Crippen LogP contribution is -2.30. The summed E-state index contributed by atoms with van der Waals surface area (Å²) in [6.45, 7) is 3.96. The van der Waals surface area contributed by atoms with E-state index in [0.717, 1.165) is 27.3 Å². The largest absolute Gasteiger partial charge is 0.503 e. The first kappa shape index (κ1) is 22.7. The molecule has 1 aliphatic heterocycles. The maximum Gasteiger partial charge on any atom is 0.290 e. The zero-order valence-corrected chi connectivity index (χ0v) is 20.1. The van der Waals surface area contributed by atoms with Gasteiger partial charge < -0.3 is 10.0 Å². The Balaban J connectivity index is 1.58. The molecule has 0 bridgehead atoms. The minimum absolute atomic E-state index is 0.0779. The van der Waals surface area contributed by atoms with Crippen molar-refractivity contribution in [2.45, 2.75) is 26.4 Å². The van der Waals surface area contributed by atoms with E-state index in [9.17, 15) is 14.7 Å². The molecular formula is C28H23N3O3S. The van der Waals surface area contributed by atoms with Crippen molar-refractivity contribution in [2.75, 3.05) is 0 Å². The van der Waals surface area contributed by atoms with E-state index in [1.165, 1.54) is 16.2 Å². The van der Waals surface area contributed by atoms with Crippen LogP contribution in [0.2, 0.25) is 0 Å². The normalized spacial score (nSPS) is 15.7. The van der Waals surface area contributed by atoms with E-state index in [4.69, 9.17) is 0 Å². The minimum Gasteiger partial charge on any atom is -0.503 e. The molecule has 5 rings (SSSR count). The number of benzene rings is 2. The molecule has 0 saturated heterocycles. The fraction of sp³-hybridized carbons (Fsp3) is 0.143. The highest BCUT2D eigenvalue weighted by Gasteiger charge is 2.44. The second kappa shape index (κ2) is 9.27. The number of hydrogen-bond acceptors (Lipinski definition) is 6. The van der Waals surface area contributed by atoms with Gasteiger partial charge in [-0.15, -0.1) is 11.3 Å². The molecule has 0 aliphatic carbocycles. The molecule has 2 aromatic heterocycles. The molecule has 4 aromatic rings. The Hall–Kier alpha value is -4.10. The Kier molecular flexibility index (Phi) is 6.01. The Morgan fingerprint density at radius 3 is 2.46 bits per heavy atom. The number of rotatable bonds is 6. The Morgan fingerprint density at radius 1 is 1.03 bits per heavy atom. The number of thiazole rings is 1. The van der Waals surface area contributed by atoms with Gasteiger partial charge >= 0.3 is 0 Å². The van der Waals surface area contributed by atoms with Gasteiger partial charge in [0.2, 0.25) is 5.78 Å². The topological polar surface area (TPSA) is 83.4 Å². The van der Waals surface area contributed by atoms with E-state index < -0.39 is 17.7 Å². The van der Waals surface area contributed by atoms with Gasteiger partial charge in [0.25, 0.3) is 5.91 Å². The van der Waals surface area contributed by atoms with Crippen LogP contribution in [-0.4, -0.2) is 31.7 Å². The zero-order chi connectivity index (χ0) is 24.5. The van der Waals surface area contributed by atoms with Crippen molar-refractivity contribution in [3.8, 4) is 10.6 Å². The van der Waals surface area contributed by atoms with Gasteiger partial charge in [-0.1, -0.05) is 66.2 Å². The number of carbonyl (C=O) groups excluding carboxylic acids is 2. The van der Waals surface area contributed by atoms with E-state index in [1.807, 2.05) is 67.6 Å². The van der Waals surface area contributed by atoms with Crippen LogP contribution in [-0.2, 0) is 11.3 Å². The van der Waals surface area contributed by atoms with E-state index in [0.29, 0.717) is 10.6 Å². The molecule has 1 N–H and O–H groups in total. The minimum atomic E-state index is -0.725. The van der Waals surface area contributed by atoms with Gasteiger partial charge in [0, 0.05) is 24.5 Å². The maximum atomic E-state index is 13.9. The number of aryl methyl sites for hydroxylation is 2. The highest BCUT2D eigenvalue weighted by atomic mass is 32.1. The van der Waals surface area contributed by atoms with Gasteiger partial charge in [0.05, 0.1) is 22.2 Å². The molecule has 174 valence electrons. The number of ketones is 1. The fourth-order valence-electron chi connectivity index (χ4n) is 4.27. The number of hydrogen-bond donors (Lipinski definition) is 1. The molecule has 35 heavy (non-hydrogen) atoms. The average Bonchev–Trinajstić information content (AvgIpc) is 3.38. The molecule has 1 atom stereocenters. The molecule has 3 heterocycles. The molecule has 1 amide bonds. The summed E-state index contributed by atoms with van der Waals surface area (Å²) in [5.41, 5.74) is 4.18. The van der Waals surface area contributed by atoms with Crippen LogP contribution in [0, 0.1) is 13.8 Å². The van der Waals surface area contributed by atoms with Crippen molar-refractivity contribution in [3.63, 3.8) is 0 Å². The lowest BCUT2D eigenvalue weighted by atomic mass is 9.94. The quantitative estimate of drug-likeness (QED) is 0.363. The molecule has 1 unspecified atom stereocenters. The van der Waals surface area contributed by atoms with Crippen molar-refractivity contribution in [1.82, 2.24) is 14.9 Å². The first-order chi connectivity index (χ1) is 16.9. The second-order valence-corrected chi connectivity index (χ2v) is 9.50. The smallest absolute Gasteiger partial charge is 0.290 e. The highest BCUT2D eigenvalue weighted by Crippen LogP contribution is 2.41. The van der Waals surface area contributed by atoms with Crippen molar-refractivity contribution in [3.05, 3.63) is 118 Å². The summed E-state index contributed by atoms with van der Waals surface area (Å²) in [5.74, 6) is -1.47. The molecule has 7 heteroatoms. The zero-order valence-electron chi connectivity index (χ0n) is 19.3. The van der Waals surface area contributed by atoms with Crippen LogP contribution in [0.3, 0.4) is 0 Å². The van der Waals surface area contributed by atoms with E-state index in [2.05, 4.69) is 9.97 Å². The maximum absolute atomic E-state index is 13.9. The van der Waals surface area contributed by atoms with Gasteiger partial charge in [-0.3, -0.25) is 14.6 Å². The summed E-state index contributed by atoms with van der Waals surface area (Å²) in [4.78, 5) is 37.8. The third kappa shape index (κ3) is 4.26. The third-order valence-corrected chi connectivity index (χ3v) is 7.25. The predicted molar refractivity (Wildman–Crippen MR) is 135 cm³/mol. The number of nitrogens with zero attached hydrogens (tertiary/aromatic N) is 3. The molecule has 2 aromatic carbocycles. The number of amides is 1. The average molecular weight is 482 g/mol. The summed E-state index contributed by atoms with van der Waals surface area (Å²) < 4.78 is 0. The van der Waals surface area contributed by atoms with Gasteiger partial charge in [0.15, 0.2) is 5.76 Å². The Morgan fingerprint density at radius 2 is 1.77 bits per heavy atom. The molecule has 0 fully saturated rings. The van der Waals surface area contributed by atoms with Crippen molar-refractivity contribution >= 4 is 23.0 Å². The molecule has 0 radical (unpaired) electrons. The highest BCUT2D eigenvalue weighted by molar-refractivity contribution is 7.17. The number of aliphatic hydroxyl groups excluding tert-OH is 1. The third-order valence-electron chi connectivity index (χ3n) is 6.04. The van der Waals surface area contributed by atoms with Crippen molar-refractivity contribution in [1.29, 1.82) is 0 Å². The standard InChI is InChI=1S/C28H23N3O3S/c1-17-10-12-20(13-11-17)23-22(25(33)28(34)31(23)16-19-7-6-14-29-15-19)24(32)26-18(2)30-27(35-26)21-8-4-3-5-9-21/h3-15,23,33H,16H2,1-2H3. The monoisotopic (exact) mass is 481 g/mol. The number of carbonyl (C=O) groups is 2. The van der Waals surface area contributed by atoms with Gasteiger partial charge in [-0.25, -0.2) is 4.98 Å². The van der Waals surface area contributed by atoms with Crippen molar-refractivity contribution < 1.29 is 14.7 Å². The Bertz CT molecular complexity index is 1430. The van der Waals surface area contributed by atoms with Gasteiger partial charge in [0.1, 0.15) is 5.01 Å². The molecule has 6 nitrogen and oxygen atoms in total. The van der Waals surface area contributed by atoms with Crippen LogP contribution in [0.5, 0.6) is 0 Å². The van der Waals surface area contributed by atoms with Gasteiger partial charge in [-0.05, 0) is 31.0 Å². The predicted octanol–water partition coefficient (Wildman–Crippen LogP) is 5.60. The van der Waals surface area contributed by atoms with E-state index in [-0.39, 0.29) is 17.9 Å². The van der Waals surface area contributed by atoms with Crippen molar-refractivity contribution in [2.24, 2.45) is 0 Å². The number of aromatic nitrogens is 2. The van der Waals surface area contributed by atoms with Crippen LogP contribution in [0.4, 0.5) is 0 Å². The van der Waals surface area contributed by atoms with Gasteiger partial charge in [-0.2, -0.15) is 0 Å². The van der Waals surface area contributed by atoms with Crippen LogP contribution >= 0.6 is 11.3 Å². The van der Waals surface area contributed by atoms with Crippen LogP contribution in [0.1, 0.15) is 38.1 Å². The lowest BCUT2D eigenvalue weighted by Gasteiger charge is -2.27. The van der Waals surface area contributed by atoms with Crippen LogP contribution < -0.4 is 0 Å². The lowest BCUT2D eigenvalue weighted by molar-refractivity contribution is -0.130. The number of aliphatic hydroxyl groups is 1. The Labute approximate surface area is 207 Å². The molecule has 1 aliphatic rings. The summed E-state index contributed by atoms with van der Waals surface area (Å²) in [5, 5.41) is 11.7. The second-order valence-electron chi connectivity index (χ2n) is 8.50. The number of pyridine rings is 1. The van der Waals surface area contributed by atoms with E-state index in [1.54, 1.807) is 25.4 Å². The summed E-state index contributed by atoms with van der Waals surface area (Å²) in [6.07, 6.45) is 3.34. The summed E-state index contributed by atoms with van der Waals surface area (Å²) in [6, 6.07) is 20.2. The van der Waals surface area contributed by atoms with Crippen LogP contribution in [0.15, 0.2) is 90.5 Å². The van der Waals surface area contributed by atoms with Crippen LogP contribution in [0.25, 0.3) is 10.6 Å². The molecular weight excluding hydrogens is 458 g/mol. The SMILES string of the molecule is Cc1ccc(C2C(C(=O)c3sc(-c4ccccc4)nc3C)=C(O)C(=O)N2Cc2cccnc2)cc1. The first-order valence-corrected chi connectivity index (χ1v) is 12.0. The first-order valence-electron chi connectivity index (χ1n) is 11.2. The number of Topliss-reactive ketones (excluding diaryl/α,β-unsaturated/α-hetero) is 1. The molecule has 0 saturated carbocycles. The fourth-order valence-corrected chi connectivity index (χ4v) is 5.29. The summed E-state index contributed by atoms with van der Waals surface area (Å²) >= 11 is 1.27.